The molecule has 0 saturated carbocycles. The Bertz CT molecular complexity index is 2320. The number of phenolic OH excluding ortho intramolecular Hbond substituents is 1. The Hall–Kier alpha value is -5.21. The molecule has 9 rings (SSSR count). The minimum Gasteiger partial charge on any atom is -0.507 e. The number of aromatic nitrogens is 1. The van der Waals surface area contributed by atoms with Crippen LogP contribution < -0.4 is 15.4 Å². The van der Waals surface area contributed by atoms with Gasteiger partial charge in [0.05, 0.1) is 21.3 Å². The Morgan fingerprint density at radius 2 is 1.34 bits per heavy atom. The second-order valence-corrected chi connectivity index (χ2v) is 13.3. The first-order valence-corrected chi connectivity index (χ1v) is 16.9. The molecule has 2 saturated heterocycles. The number of benzene rings is 5. The first-order chi connectivity index (χ1) is 23.0. The molecule has 7 nitrogen and oxygen atoms in total. The quantitative estimate of drug-likeness (QED) is 0.117. The molecular weight excluding hydrogens is 607 g/mol. The van der Waals surface area contributed by atoms with Crippen molar-refractivity contribution < 1.29 is 14.3 Å². The van der Waals surface area contributed by atoms with Gasteiger partial charge in [0.1, 0.15) is 16.3 Å². The van der Waals surface area contributed by atoms with Gasteiger partial charge in [-0.1, -0.05) is 24.3 Å². The molecular formula is C39H33N3O4S. The van der Waals surface area contributed by atoms with Crippen LogP contribution in [0.3, 0.4) is 0 Å². The van der Waals surface area contributed by atoms with Gasteiger partial charge in [0.2, 0.25) is 0 Å². The fraction of sp³-hybridized carbons (Fsp3) is 0.205. The molecule has 0 unspecified atom stereocenters. The molecule has 2 aliphatic heterocycles. The molecule has 4 heterocycles. The first kappa shape index (κ1) is 29.2. The Kier molecular flexibility index (Phi) is 7.57. The van der Waals surface area contributed by atoms with Gasteiger partial charge in [-0.05, 0) is 114 Å². The van der Waals surface area contributed by atoms with Crippen LogP contribution in [-0.2, 0) is 0 Å². The molecule has 2 fully saturated rings. The van der Waals surface area contributed by atoms with Crippen molar-refractivity contribution in [2.24, 2.45) is 0 Å². The largest absolute Gasteiger partial charge is 0.507 e. The lowest BCUT2D eigenvalue weighted by Crippen LogP contribution is -2.17. The monoisotopic (exact) mass is 639 g/mol. The second kappa shape index (κ2) is 12.2. The van der Waals surface area contributed by atoms with Crippen LogP contribution >= 0.6 is 11.3 Å². The number of carbonyl (C=O) groups excluding carboxylic acids is 1. The molecule has 1 N–H and O–H groups in total. The highest BCUT2D eigenvalue weighted by Gasteiger charge is 2.16. The number of para-hydroxylation sites is 1. The van der Waals surface area contributed by atoms with E-state index in [9.17, 15) is 14.7 Å². The molecule has 0 radical (unpaired) electrons. The molecule has 0 atom stereocenters. The van der Waals surface area contributed by atoms with Gasteiger partial charge in [-0.3, -0.25) is 4.79 Å². The number of anilines is 2. The van der Waals surface area contributed by atoms with Gasteiger partial charge in [-0.15, -0.1) is 11.3 Å². The number of fused-ring (bicyclic) bond motifs is 4. The predicted octanol–water partition coefficient (Wildman–Crippen LogP) is 8.78. The SMILES string of the molecule is O=Cc1cc2ccc(N3CCCC3)cc2cc1O.O=c1oc2cc3cc(N4CCCC4)ccc3cc2cc1-c1nc2ccccc2s1. The lowest BCUT2D eigenvalue weighted by atomic mass is 10.1. The van der Waals surface area contributed by atoms with E-state index in [0.717, 1.165) is 63.3 Å². The number of carbonyl (C=O) groups is 1. The standard InChI is InChI=1S/C24H18N2O2S.C15H15NO2/c27-24-19(23-25-20-5-1-2-6-22(20)29-23)13-17-11-15-7-8-18(26-9-3-4-10-26)12-16(15)14-21(17)28-24;17-10-13-7-11-3-4-14(16-5-1-2-6-16)8-12(11)9-15(13)18/h1-2,5-8,11-14H,3-4,9-10H2;3-4,7-10,18H,1-2,5-6H2. The molecule has 47 heavy (non-hydrogen) atoms. The number of rotatable bonds is 4. The van der Waals surface area contributed by atoms with Crippen molar-refractivity contribution in [2.75, 3.05) is 36.0 Å². The highest BCUT2D eigenvalue weighted by molar-refractivity contribution is 7.21. The normalized spacial score (nSPS) is 14.7. The summed E-state index contributed by atoms with van der Waals surface area (Å²) in [5.41, 5.74) is 4.47. The second-order valence-electron chi connectivity index (χ2n) is 12.3. The summed E-state index contributed by atoms with van der Waals surface area (Å²) in [6.45, 7) is 4.42. The van der Waals surface area contributed by atoms with Gasteiger partial charge in [0.15, 0.2) is 6.29 Å². The lowest BCUT2D eigenvalue weighted by Gasteiger charge is -2.18. The highest BCUT2D eigenvalue weighted by Crippen LogP contribution is 2.33. The van der Waals surface area contributed by atoms with Gasteiger partial charge >= 0.3 is 5.63 Å². The Balaban J connectivity index is 0.000000155. The third kappa shape index (κ3) is 5.70. The fourth-order valence-corrected chi connectivity index (χ4v) is 7.69. The van der Waals surface area contributed by atoms with Crippen molar-refractivity contribution in [3.05, 3.63) is 107 Å². The van der Waals surface area contributed by atoms with Gasteiger partial charge in [-0.2, -0.15) is 0 Å². The predicted molar refractivity (Wildman–Crippen MR) is 192 cm³/mol. The smallest absolute Gasteiger partial charge is 0.346 e. The van der Waals surface area contributed by atoms with E-state index in [1.165, 1.54) is 48.4 Å². The first-order valence-electron chi connectivity index (χ1n) is 16.1. The van der Waals surface area contributed by atoms with E-state index in [1.807, 2.05) is 42.5 Å². The summed E-state index contributed by atoms with van der Waals surface area (Å²) in [7, 11) is 0. The van der Waals surface area contributed by atoms with Crippen molar-refractivity contribution in [2.45, 2.75) is 25.7 Å². The molecule has 0 bridgehead atoms. The van der Waals surface area contributed by atoms with Gasteiger partial charge in [-0.25, -0.2) is 9.78 Å². The fourth-order valence-electron chi connectivity index (χ4n) is 6.72. The number of aldehydes is 1. The van der Waals surface area contributed by atoms with Crippen LogP contribution in [0.25, 0.3) is 53.3 Å². The number of phenols is 1. The van der Waals surface area contributed by atoms with Crippen LogP contribution in [0.4, 0.5) is 11.4 Å². The van der Waals surface area contributed by atoms with Crippen molar-refractivity contribution in [1.29, 1.82) is 0 Å². The number of nitrogens with zero attached hydrogens (tertiary/aromatic N) is 3. The average molecular weight is 640 g/mol. The molecule has 2 aliphatic rings. The minimum atomic E-state index is -0.341. The van der Waals surface area contributed by atoms with Crippen molar-refractivity contribution in [1.82, 2.24) is 4.98 Å². The summed E-state index contributed by atoms with van der Waals surface area (Å²) >= 11 is 1.52. The van der Waals surface area contributed by atoms with Crippen LogP contribution in [0.15, 0.2) is 100 Å². The third-order valence-electron chi connectivity index (χ3n) is 9.24. The Morgan fingerprint density at radius 1 is 0.702 bits per heavy atom. The summed E-state index contributed by atoms with van der Waals surface area (Å²) in [6, 6.07) is 30.0. The molecule has 0 spiro atoms. The van der Waals surface area contributed by atoms with E-state index in [-0.39, 0.29) is 11.4 Å². The van der Waals surface area contributed by atoms with E-state index < -0.39 is 0 Å². The summed E-state index contributed by atoms with van der Waals surface area (Å²) < 4.78 is 6.78. The zero-order valence-electron chi connectivity index (χ0n) is 25.8. The maximum atomic E-state index is 12.7. The summed E-state index contributed by atoms with van der Waals surface area (Å²) in [6.07, 6.45) is 5.67. The van der Waals surface area contributed by atoms with Crippen molar-refractivity contribution in [3.8, 4) is 16.3 Å². The lowest BCUT2D eigenvalue weighted by molar-refractivity contribution is 0.112. The number of thiazole rings is 1. The number of aromatic hydroxyl groups is 1. The van der Waals surface area contributed by atoms with Gasteiger partial charge in [0, 0.05) is 42.9 Å². The maximum Gasteiger partial charge on any atom is 0.346 e. The molecule has 8 heteroatoms. The Morgan fingerprint density at radius 3 is 2.00 bits per heavy atom. The summed E-state index contributed by atoms with van der Waals surface area (Å²) in [5.74, 6) is 0.0519. The van der Waals surface area contributed by atoms with E-state index >= 15 is 0 Å². The molecule has 0 aliphatic carbocycles. The number of hydrogen-bond acceptors (Lipinski definition) is 8. The third-order valence-corrected chi connectivity index (χ3v) is 10.3. The average Bonchev–Trinajstić information content (AvgIpc) is 3.89. The highest BCUT2D eigenvalue weighted by atomic mass is 32.1. The van der Waals surface area contributed by atoms with Crippen LogP contribution in [0.1, 0.15) is 36.0 Å². The summed E-state index contributed by atoms with van der Waals surface area (Å²) in [5, 5.41) is 15.5. The minimum absolute atomic E-state index is 0.0519. The zero-order valence-corrected chi connectivity index (χ0v) is 26.6. The topological polar surface area (TPSA) is 86.9 Å². The molecule has 5 aromatic carbocycles. The molecule has 7 aromatic rings. The van der Waals surface area contributed by atoms with E-state index in [0.29, 0.717) is 28.0 Å². The van der Waals surface area contributed by atoms with Gasteiger partial charge < -0.3 is 19.3 Å². The van der Waals surface area contributed by atoms with E-state index in [2.05, 4.69) is 51.2 Å². The van der Waals surface area contributed by atoms with Crippen LogP contribution in [0.5, 0.6) is 5.75 Å². The van der Waals surface area contributed by atoms with Crippen LogP contribution in [0, 0.1) is 0 Å². The molecule has 0 amide bonds. The van der Waals surface area contributed by atoms with Crippen molar-refractivity contribution >= 4 is 71.7 Å². The van der Waals surface area contributed by atoms with E-state index in [4.69, 9.17) is 4.42 Å². The van der Waals surface area contributed by atoms with Gasteiger partial charge in [0.25, 0.3) is 0 Å². The Labute approximate surface area is 275 Å². The molecule has 234 valence electrons. The molecule has 2 aromatic heterocycles. The zero-order chi connectivity index (χ0) is 31.9. The number of hydrogen-bond donors (Lipinski definition) is 1. The van der Waals surface area contributed by atoms with Crippen LogP contribution in [0.2, 0.25) is 0 Å². The summed E-state index contributed by atoms with van der Waals surface area (Å²) in [4.78, 5) is 32.9. The van der Waals surface area contributed by atoms with Crippen molar-refractivity contribution in [3.63, 3.8) is 0 Å². The maximum absolute atomic E-state index is 12.7. The van der Waals surface area contributed by atoms with Crippen LogP contribution in [-0.4, -0.2) is 42.6 Å². The van der Waals surface area contributed by atoms with E-state index in [1.54, 1.807) is 12.1 Å².